The van der Waals surface area contributed by atoms with E-state index in [1.165, 1.54) is 10.4 Å². The van der Waals surface area contributed by atoms with Gasteiger partial charge in [0.15, 0.2) is 0 Å². The highest BCUT2D eigenvalue weighted by Gasteiger charge is 2.15. The summed E-state index contributed by atoms with van der Waals surface area (Å²) in [4.78, 5) is 23.6. The van der Waals surface area contributed by atoms with Crippen LogP contribution in [0.2, 0.25) is 0 Å². The smallest absolute Gasteiger partial charge is 0.261 e. The van der Waals surface area contributed by atoms with Gasteiger partial charge in [-0.3, -0.25) is 4.79 Å². The molecule has 0 radical (unpaired) electrons. The topological polar surface area (TPSA) is 48.5 Å². The van der Waals surface area contributed by atoms with Crippen molar-refractivity contribution < 1.29 is 4.79 Å². The molecule has 5 nitrogen and oxygen atoms in total. The highest BCUT2D eigenvalue weighted by molar-refractivity contribution is 7.14. The van der Waals surface area contributed by atoms with Crippen LogP contribution in [0.25, 0.3) is 0 Å². The monoisotopic (exact) mass is 358 g/mol. The number of thiophene rings is 1. The van der Waals surface area contributed by atoms with Crippen LogP contribution in [-0.2, 0) is 13.0 Å². The zero-order chi connectivity index (χ0) is 17.8. The van der Waals surface area contributed by atoms with Gasteiger partial charge in [0.05, 0.1) is 4.88 Å². The van der Waals surface area contributed by atoms with E-state index in [1.807, 2.05) is 12.3 Å². The second-order valence-electron chi connectivity index (χ2n) is 6.57. The van der Waals surface area contributed by atoms with E-state index in [0.29, 0.717) is 6.54 Å². The first-order valence-corrected chi connectivity index (χ1v) is 9.64. The summed E-state index contributed by atoms with van der Waals surface area (Å²) in [6.45, 7) is 8.85. The quantitative estimate of drug-likeness (QED) is 0.893. The molecule has 1 aliphatic rings. The molecule has 2 aromatic heterocycles. The molecule has 0 bridgehead atoms. The van der Waals surface area contributed by atoms with E-state index in [9.17, 15) is 4.79 Å². The Bertz CT molecular complexity index is 718. The second-order valence-corrected chi connectivity index (χ2v) is 7.70. The third-order valence-corrected chi connectivity index (χ3v) is 6.04. The SMILES string of the molecule is CCc1sc(C(=O)NCc2ccc(N3CCN(C)CC3)nc2)cc1C. The number of nitrogens with zero attached hydrogens (tertiary/aromatic N) is 3. The summed E-state index contributed by atoms with van der Waals surface area (Å²) in [5.74, 6) is 1.01. The van der Waals surface area contributed by atoms with Crippen LogP contribution in [-0.4, -0.2) is 49.0 Å². The summed E-state index contributed by atoms with van der Waals surface area (Å²) in [5, 5.41) is 3.00. The number of anilines is 1. The van der Waals surface area contributed by atoms with Crippen molar-refractivity contribution in [2.75, 3.05) is 38.1 Å². The number of rotatable bonds is 5. The number of piperazine rings is 1. The van der Waals surface area contributed by atoms with E-state index < -0.39 is 0 Å². The molecule has 0 atom stereocenters. The average Bonchev–Trinajstić information content (AvgIpc) is 3.02. The molecule has 0 aliphatic carbocycles. The number of hydrogen-bond acceptors (Lipinski definition) is 5. The number of pyridine rings is 1. The van der Waals surface area contributed by atoms with Crippen LogP contribution < -0.4 is 10.2 Å². The van der Waals surface area contributed by atoms with E-state index in [-0.39, 0.29) is 5.91 Å². The van der Waals surface area contributed by atoms with Crippen LogP contribution in [0.15, 0.2) is 24.4 Å². The lowest BCUT2D eigenvalue weighted by Crippen LogP contribution is -2.44. The Morgan fingerprint density at radius 2 is 2.04 bits per heavy atom. The molecule has 3 rings (SSSR count). The maximum absolute atomic E-state index is 12.3. The molecular formula is C19H26N4OS. The summed E-state index contributed by atoms with van der Waals surface area (Å²) >= 11 is 1.59. The molecule has 6 heteroatoms. The normalized spacial score (nSPS) is 15.4. The predicted molar refractivity (Wildman–Crippen MR) is 104 cm³/mol. The van der Waals surface area contributed by atoms with Gasteiger partial charge < -0.3 is 15.1 Å². The molecule has 1 aliphatic heterocycles. The molecule has 3 heterocycles. The minimum absolute atomic E-state index is 0.00376. The minimum Gasteiger partial charge on any atom is -0.354 e. The van der Waals surface area contributed by atoms with E-state index >= 15 is 0 Å². The summed E-state index contributed by atoms with van der Waals surface area (Å²) in [7, 11) is 2.15. The van der Waals surface area contributed by atoms with E-state index in [1.54, 1.807) is 11.3 Å². The summed E-state index contributed by atoms with van der Waals surface area (Å²) < 4.78 is 0. The molecule has 2 aromatic rings. The van der Waals surface area contributed by atoms with Gasteiger partial charge in [-0.2, -0.15) is 0 Å². The van der Waals surface area contributed by atoms with Gasteiger partial charge >= 0.3 is 0 Å². The minimum atomic E-state index is -0.00376. The van der Waals surface area contributed by atoms with Crippen molar-refractivity contribution in [1.29, 1.82) is 0 Å². The van der Waals surface area contributed by atoms with Gasteiger partial charge in [0.25, 0.3) is 5.91 Å². The number of carbonyl (C=O) groups is 1. The molecule has 1 fully saturated rings. The molecule has 1 amide bonds. The van der Waals surface area contributed by atoms with Crippen molar-refractivity contribution in [3.8, 4) is 0 Å². The molecule has 134 valence electrons. The van der Waals surface area contributed by atoms with Crippen LogP contribution in [0.4, 0.5) is 5.82 Å². The molecule has 0 aromatic carbocycles. The lowest BCUT2D eigenvalue weighted by Gasteiger charge is -2.33. The molecule has 1 N–H and O–H groups in total. The van der Waals surface area contributed by atoms with Crippen LogP contribution >= 0.6 is 11.3 Å². The Kier molecular flexibility index (Phi) is 5.71. The van der Waals surface area contributed by atoms with Crippen molar-refractivity contribution in [2.45, 2.75) is 26.8 Å². The first-order chi connectivity index (χ1) is 12.1. The Labute approximate surface area is 153 Å². The fraction of sp³-hybridized carbons (Fsp3) is 0.474. The lowest BCUT2D eigenvalue weighted by atomic mass is 10.2. The van der Waals surface area contributed by atoms with Gasteiger partial charge in [0.1, 0.15) is 5.82 Å². The first-order valence-electron chi connectivity index (χ1n) is 8.82. The van der Waals surface area contributed by atoms with Crippen molar-refractivity contribution in [2.24, 2.45) is 0 Å². The van der Waals surface area contributed by atoms with Gasteiger partial charge in [-0.1, -0.05) is 13.0 Å². The molecule has 25 heavy (non-hydrogen) atoms. The number of aromatic nitrogens is 1. The van der Waals surface area contributed by atoms with Gasteiger partial charge in [0.2, 0.25) is 0 Å². The highest BCUT2D eigenvalue weighted by Crippen LogP contribution is 2.22. The van der Waals surface area contributed by atoms with Crippen LogP contribution in [0.5, 0.6) is 0 Å². The number of aryl methyl sites for hydroxylation is 2. The number of amides is 1. The lowest BCUT2D eigenvalue weighted by molar-refractivity contribution is 0.0955. The van der Waals surface area contributed by atoms with Gasteiger partial charge in [-0.05, 0) is 43.7 Å². The maximum Gasteiger partial charge on any atom is 0.261 e. The van der Waals surface area contributed by atoms with Crippen LogP contribution in [0.1, 0.15) is 32.6 Å². The molecule has 0 saturated carbocycles. The zero-order valence-corrected chi connectivity index (χ0v) is 16.0. The van der Waals surface area contributed by atoms with Crippen LogP contribution in [0, 0.1) is 6.92 Å². The van der Waals surface area contributed by atoms with E-state index in [0.717, 1.165) is 48.9 Å². The Balaban J connectivity index is 1.55. The number of nitrogens with one attached hydrogen (secondary N) is 1. The van der Waals surface area contributed by atoms with Gasteiger partial charge in [-0.25, -0.2) is 4.98 Å². The van der Waals surface area contributed by atoms with Crippen LogP contribution in [0.3, 0.4) is 0 Å². The number of likely N-dealkylation sites (N-methyl/N-ethyl adjacent to an activating group) is 1. The third-order valence-electron chi connectivity index (χ3n) is 4.65. The zero-order valence-electron chi connectivity index (χ0n) is 15.2. The predicted octanol–water partition coefficient (Wildman–Crippen LogP) is 2.70. The molecule has 1 saturated heterocycles. The fourth-order valence-electron chi connectivity index (χ4n) is 3.00. The Morgan fingerprint density at radius 3 is 2.64 bits per heavy atom. The van der Waals surface area contributed by atoms with E-state index in [2.05, 4.69) is 53.1 Å². The Hall–Kier alpha value is -1.92. The maximum atomic E-state index is 12.3. The molecule has 0 spiro atoms. The number of carbonyl (C=O) groups excluding carboxylic acids is 1. The van der Waals surface area contributed by atoms with Crippen molar-refractivity contribution >= 4 is 23.1 Å². The number of hydrogen-bond donors (Lipinski definition) is 1. The fourth-order valence-corrected chi connectivity index (χ4v) is 4.03. The summed E-state index contributed by atoms with van der Waals surface area (Å²) in [6.07, 6.45) is 2.84. The summed E-state index contributed by atoms with van der Waals surface area (Å²) in [6, 6.07) is 6.09. The summed E-state index contributed by atoms with van der Waals surface area (Å²) in [5.41, 5.74) is 2.23. The third kappa shape index (κ3) is 4.38. The molecule has 0 unspecified atom stereocenters. The van der Waals surface area contributed by atoms with Crippen molar-refractivity contribution in [3.05, 3.63) is 45.3 Å². The van der Waals surface area contributed by atoms with Crippen molar-refractivity contribution in [3.63, 3.8) is 0 Å². The first kappa shape index (κ1) is 17.9. The van der Waals surface area contributed by atoms with Gasteiger partial charge in [-0.15, -0.1) is 11.3 Å². The van der Waals surface area contributed by atoms with Crippen molar-refractivity contribution in [1.82, 2.24) is 15.2 Å². The standard InChI is InChI=1S/C19H26N4OS/c1-4-16-14(2)11-17(25-16)19(24)21-13-15-5-6-18(20-12-15)23-9-7-22(3)8-10-23/h5-6,11-12H,4,7-10,13H2,1-3H3,(H,21,24). The second kappa shape index (κ2) is 7.97. The average molecular weight is 359 g/mol. The Morgan fingerprint density at radius 1 is 1.28 bits per heavy atom. The highest BCUT2D eigenvalue weighted by atomic mass is 32.1. The van der Waals surface area contributed by atoms with Gasteiger partial charge in [0, 0.05) is 43.8 Å². The molecular weight excluding hydrogens is 332 g/mol. The van der Waals surface area contributed by atoms with E-state index in [4.69, 9.17) is 0 Å². The largest absolute Gasteiger partial charge is 0.354 e.